The van der Waals surface area contributed by atoms with Gasteiger partial charge in [0.15, 0.2) is 0 Å². The van der Waals surface area contributed by atoms with Crippen molar-refractivity contribution in [3.63, 3.8) is 0 Å². The summed E-state index contributed by atoms with van der Waals surface area (Å²) in [6.45, 7) is 3.89. The third-order valence-electron chi connectivity index (χ3n) is 3.82. The molecule has 6 heteroatoms. The molecule has 0 heterocycles. The molecule has 0 aliphatic carbocycles. The maximum absolute atomic E-state index is 10.9. The van der Waals surface area contributed by atoms with E-state index in [1.807, 2.05) is 0 Å². The first-order valence-electron chi connectivity index (χ1n) is 8.04. The van der Waals surface area contributed by atoms with Crippen molar-refractivity contribution in [3.8, 4) is 0 Å². The first-order chi connectivity index (χ1) is 9.41. The molecule has 0 saturated carbocycles. The largest absolute Gasteiger partial charge is 1.00 e. The summed E-state index contributed by atoms with van der Waals surface area (Å²) < 4.78 is 32.7. The molecule has 122 valence electrons. The Morgan fingerprint density at radius 2 is 1.38 bits per heavy atom. The Kier molecular flexibility index (Phi) is 16.6. The molecule has 0 aliphatic rings. The second kappa shape index (κ2) is 14.5. The van der Waals surface area contributed by atoms with Gasteiger partial charge in [0.1, 0.15) is 0 Å². The fraction of sp³-hybridized carbons (Fsp3) is 1.00. The van der Waals surface area contributed by atoms with Gasteiger partial charge < -0.3 is 9.66 Å². The number of hydrogen-bond acceptors (Lipinski definition) is 4. The Hall–Kier alpha value is 0.870. The molecule has 0 aliphatic heterocycles. The molecule has 0 fully saturated rings. The zero-order valence-electron chi connectivity index (χ0n) is 14.0. The van der Waals surface area contributed by atoms with Crippen molar-refractivity contribution >= 4 is 10.1 Å². The zero-order valence-corrected chi connectivity index (χ0v) is 16.8. The smallest absolute Gasteiger partial charge is 0.748 e. The van der Waals surface area contributed by atoms with Crippen LogP contribution in [-0.4, -0.2) is 29.4 Å². The molecule has 1 N–H and O–H groups in total. The van der Waals surface area contributed by atoms with Gasteiger partial charge >= 0.3 is 29.6 Å². The Morgan fingerprint density at radius 3 is 1.81 bits per heavy atom. The molecule has 0 aromatic rings. The molecule has 0 aromatic heterocycles. The molecule has 0 bridgehead atoms. The van der Waals surface area contributed by atoms with Crippen LogP contribution in [0.1, 0.15) is 84.5 Å². The van der Waals surface area contributed by atoms with Gasteiger partial charge in [-0.25, -0.2) is 8.42 Å². The van der Waals surface area contributed by atoms with Gasteiger partial charge in [-0.3, -0.25) is 0 Å². The van der Waals surface area contributed by atoms with Gasteiger partial charge in [0.25, 0.3) is 0 Å². The molecule has 0 rings (SSSR count). The van der Waals surface area contributed by atoms with E-state index in [0.29, 0.717) is 12.8 Å². The predicted molar refractivity (Wildman–Crippen MR) is 81.6 cm³/mol. The van der Waals surface area contributed by atoms with Gasteiger partial charge in [-0.05, 0) is 25.7 Å². The average molecular weight is 330 g/mol. The van der Waals surface area contributed by atoms with Crippen LogP contribution in [0.4, 0.5) is 0 Å². The predicted octanol–water partition coefficient (Wildman–Crippen LogP) is 0.596. The first-order valence-corrected chi connectivity index (χ1v) is 9.51. The van der Waals surface area contributed by atoms with Crippen LogP contribution in [0, 0.1) is 0 Å². The molecular formula is C15H31NaO4S. The third kappa shape index (κ3) is 14.2. The van der Waals surface area contributed by atoms with Crippen LogP contribution in [0.5, 0.6) is 0 Å². The van der Waals surface area contributed by atoms with Crippen LogP contribution >= 0.6 is 0 Å². The third-order valence-corrected chi connectivity index (χ3v) is 5.20. The van der Waals surface area contributed by atoms with E-state index in [1.54, 1.807) is 6.92 Å². The number of hydrogen-bond donors (Lipinski definition) is 1. The van der Waals surface area contributed by atoms with Crippen molar-refractivity contribution in [1.29, 1.82) is 0 Å². The SMILES string of the molecule is CCCCCC(O)CCCCCCC(CC)S(=O)(=O)[O-].[Na+]. The van der Waals surface area contributed by atoms with Gasteiger partial charge in [-0.1, -0.05) is 58.8 Å². The molecule has 0 saturated heterocycles. The summed E-state index contributed by atoms with van der Waals surface area (Å²) in [5, 5.41) is 9.02. The number of unbranched alkanes of at least 4 members (excludes halogenated alkanes) is 5. The summed E-state index contributed by atoms with van der Waals surface area (Å²) in [4.78, 5) is 0. The van der Waals surface area contributed by atoms with Crippen molar-refractivity contribution in [3.05, 3.63) is 0 Å². The normalized spacial score (nSPS) is 14.5. The average Bonchev–Trinajstić information content (AvgIpc) is 2.36. The molecule has 0 radical (unpaired) electrons. The van der Waals surface area contributed by atoms with E-state index in [9.17, 15) is 18.1 Å². The first kappa shape index (κ1) is 24.1. The van der Waals surface area contributed by atoms with Crippen LogP contribution < -0.4 is 29.6 Å². The monoisotopic (exact) mass is 330 g/mol. The molecule has 2 atom stereocenters. The van der Waals surface area contributed by atoms with Crippen LogP contribution in [-0.2, 0) is 10.1 Å². The molecule has 4 nitrogen and oxygen atoms in total. The summed E-state index contributed by atoms with van der Waals surface area (Å²) in [6, 6.07) is 0. The second-order valence-corrected chi connectivity index (χ2v) is 7.32. The molecular weight excluding hydrogens is 299 g/mol. The fourth-order valence-corrected chi connectivity index (χ4v) is 3.30. The van der Waals surface area contributed by atoms with E-state index in [-0.39, 0.29) is 35.7 Å². The summed E-state index contributed by atoms with van der Waals surface area (Å²) in [7, 11) is -4.12. The summed E-state index contributed by atoms with van der Waals surface area (Å²) >= 11 is 0. The van der Waals surface area contributed by atoms with Crippen LogP contribution in [0.25, 0.3) is 0 Å². The van der Waals surface area contributed by atoms with Crippen LogP contribution in [0.3, 0.4) is 0 Å². The van der Waals surface area contributed by atoms with Crippen LogP contribution in [0.15, 0.2) is 0 Å². The van der Waals surface area contributed by atoms with E-state index >= 15 is 0 Å². The summed E-state index contributed by atoms with van der Waals surface area (Å²) in [5.41, 5.74) is 0. The standard InChI is InChI=1S/C15H32O4S.Na/c1-3-5-8-11-14(16)12-9-6-7-10-13-15(4-2)20(17,18)19;/h14-16H,3-13H2,1-2H3,(H,17,18,19);/q;+1/p-1. The molecule has 0 amide bonds. The van der Waals surface area contributed by atoms with Crippen LogP contribution in [0.2, 0.25) is 0 Å². The van der Waals surface area contributed by atoms with Gasteiger partial charge in [0.05, 0.1) is 16.2 Å². The van der Waals surface area contributed by atoms with E-state index in [4.69, 9.17) is 0 Å². The number of aliphatic hydroxyl groups is 1. The van der Waals surface area contributed by atoms with E-state index in [2.05, 4.69) is 6.92 Å². The van der Waals surface area contributed by atoms with Crippen molar-refractivity contribution in [2.75, 3.05) is 0 Å². The van der Waals surface area contributed by atoms with Crippen molar-refractivity contribution in [1.82, 2.24) is 0 Å². The zero-order chi connectivity index (χ0) is 15.4. The fourth-order valence-electron chi connectivity index (χ4n) is 2.43. The second-order valence-electron chi connectivity index (χ2n) is 5.66. The van der Waals surface area contributed by atoms with Crippen molar-refractivity contribution in [2.24, 2.45) is 0 Å². The Morgan fingerprint density at radius 1 is 0.905 bits per heavy atom. The van der Waals surface area contributed by atoms with E-state index in [0.717, 1.165) is 44.9 Å². The van der Waals surface area contributed by atoms with Crippen molar-refractivity contribution < 1.29 is 47.6 Å². The van der Waals surface area contributed by atoms with E-state index < -0.39 is 15.4 Å². The maximum atomic E-state index is 10.9. The topological polar surface area (TPSA) is 77.4 Å². The summed E-state index contributed by atoms with van der Waals surface area (Å²) in [5.74, 6) is 0. The minimum atomic E-state index is -4.12. The number of aliphatic hydroxyl groups excluding tert-OH is 1. The Balaban J connectivity index is 0. The Bertz CT molecular complexity index is 320. The molecule has 21 heavy (non-hydrogen) atoms. The Labute approximate surface area is 153 Å². The van der Waals surface area contributed by atoms with Gasteiger partial charge in [-0.2, -0.15) is 0 Å². The summed E-state index contributed by atoms with van der Waals surface area (Å²) in [6.07, 6.45) is 9.56. The van der Waals surface area contributed by atoms with E-state index in [1.165, 1.54) is 12.8 Å². The number of rotatable bonds is 13. The molecule has 2 unspecified atom stereocenters. The van der Waals surface area contributed by atoms with Gasteiger partial charge in [0, 0.05) is 5.25 Å². The minimum absolute atomic E-state index is 0. The van der Waals surface area contributed by atoms with Gasteiger partial charge in [-0.15, -0.1) is 0 Å². The molecule has 0 aromatic carbocycles. The van der Waals surface area contributed by atoms with Crippen molar-refractivity contribution in [2.45, 2.75) is 95.8 Å². The minimum Gasteiger partial charge on any atom is -0.748 e. The maximum Gasteiger partial charge on any atom is 1.00 e. The van der Waals surface area contributed by atoms with Gasteiger partial charge in [0.2, 0.25) is 0 Å². The molecule has 0 spiro atoms. The quantitative estimate of drug-likeness (QED) is 0.305.